The second kappa shape index (κ2) is 12.9. The molecule has 0 bridgehead atoms. The smallest absolute Gasteiger partial charge is 0.191 e. The molecule has 1 aromatic rings. The van der Waals surface area contributed by atoms with Gasteiger partial charge < -0.3 is 15.4 Å². The monoisotopic (exact) mass is 449 g/mol. The molecule has 0 radical (unpaired) electrons. The number of hydrogen-bond donors (Lipinski definition) is 2. The summed E-state index contributed by atoms with van der Waals surface area (Å²) in [5, 5.41) is 6.69. The minimum atomic E-state index is 0. The summed E-state index contributed by atoms with van der Waals surface area (Å²) < 4.78 is 5.63. The van der Waals surface area contributed by atoms with Gasteiger partial charge in [0.2, 0.25) is 0 Å². The van der Waals surface area contributed by atoms with Gasteiger partial charge in [0.15, 0.2) is 5.96 Å². The number of benzene rings is 1. The lowest BCUT2D eigenvalue weighted by atomic mass is 10.2. The van der Waals surface area contributed by atoms with E-state index in [9.17, 15) is 0 Å². The third-order valence-corrected chi connectivity index (χ3v) is 4.51. The Morgan fingerprint density at radius 3 is 2.83 bits per heavy atom. The van der Waals surface area contributed by atoms with E-state index in [1.54, 1.807) is 0 Å². The van der Waals surface area contributed by atoms with E-state index in [-0.39, 0.29) is 24.0 Å². The van der Waals surface area contributed by atoms with Gasteiger partial charge in [-0.05, 0) is 38.3 Å². The van der Waals surface area contributed by atoms with Crippen LogP contribution in [-0.4, -0.2) is 44.1 Å². The Morgan fingerprint density at radius 1 is 1.30 bits per heavy atom. The lowest BCUT2D eigenvalue weighted by Crippen LogP contribution is -2.38. The summed E-state index contributed by atoms with van der Waals surface area (Å²) in [4.78, 5) is 5.94. The summed E-state index contributed by atoms with van der Waals surface area (Å²) in [7, 11) is 0. The first kappa shape index (κ1) is 20.6. The van der Waals surface area contributed by atoms with Crippen molar-refractivity contribution < 1.29 is 4.74 Å². The normalized spacial score (nSPS) is 17.6. The van der Waals surface area contributed by atoms with Gasteiger partial charge in [-0.15, -0.1) is 35.7 Å². The summed E-state index contributed by atoms with van der Waals surface area (Å²) in [6.45, 7) is 5.63. The Hall–Kier alpha value is -0.470. The number of rotatable bonds is 8. The molecule has 1 aliphatic heterocycles. The Labute approximate surface area is 161 Å². The SMILES string of the molecule is CCNC(=NCCC1CCCO1)NCCSc1ccccc1.I. The van der Waals surface area contributed by atoms with Gasteiger partial charge in [-0.25, -0.2) is 0 Å². The van der Waals surface area contributed by atoms with Crippen molar-refractivity contribution in [2.45, 2.75) is 37.2 Å². The molecule has 130 valence electrons. The molecule has 1 atom stereocenters. The third kappa shape index (κ3) is 8.81. The highest BCUT2D eigenvalue weighted by Gasteiger charge is 2.14. The van der Waals surface area contributed by atoms with E-state index in [1.807, 2.05) is 17.8 Å². The van der Waals surface area contributed by atoms with Gasteiger partial charge >= 0.3 is 0 Å². The average molecular weight is 449 g/mol. The topological polar surface area (TPSA) is 45.7 Å². The molecule has 0 aliphatic carbocycles. The lowest BCUT2D eigenvalue weighted by molar-refractivity contribution is 0.106. The Morgan fingerprint density at radius 2 is 2.13 bits per heavy atom. The van der Waals surface area contributed by atoms with Gasteiger partial charge in [0.05, 0.1) is 6.10 Å². The van der Waals surface area contributed by atoms with Gasteiger partial charge in [0.1, 0.15) is 0 Å². The molecule has 4 nitrogen and oxygen atoms in total. The quantitative estimate of drug-likeness (QED) is 0.210. The Bertz CT molecular complexity index is 439. The zero-order valence-corrected chi connectivity index (χ0v) is 16.9. The first-order chi connectivity index (χ1) is 10.9. The molecule has 1 fully saturated rings. The fourth-order valence-corrected chi connectivity index (χ4v) is 3.18. The number of nitrogens with one attached hydrogen (secondary N) is 2. The number of guanidine groups is 1. The van der Waals surface area contributed by atoms with Gasteiger partial charge in [0.25, 0.3) is 0 Å². The first-order valence-electron chi connectivity index (χ1n) is 8.20. The van der Waals surface area contributed by atoms with Crippen molar-refractivity contribution in [1.29, 1.82) is 0 Å². The molecular weight excluding hydrogens is 421 g/mol. The van der Waals surface area contributed by atoms with E-state index < -0.39 is 0 Å². The maximum Gasteiger partial charge on any atom is 0.191 e. The molecule has 1 unspecified atom stereocenters. The van der Waals surface area contributed by atoms with Gasteiger partial charge in [-0.3, -0.25) is 4.99 Å². The van der Waals surface area contributed by atoms with Crippen LogP contribution in [0, 0.1) is 0 Å². The first-order valence-corrected chi connectivity index (χ1v) is 9.18. The Balaban J connectivity index is 0.00000264. The zero-order chi connectivity index (χ0) is 15.5. The predicted octanol–water partition coefficient (Wildman–Crippen LogP) is 3.52. The van der Waals surface area contributed by atoms with E-state index in [1.165, 1.54) is 17.7 Å². The molecule has 1 heterocycles. The fraction of sp³-hybridized carbons (Fsp3) is 0.588. The number of halogens is 1. The van der Waals surface area contributed by atoms with Gasteiger partial charge in [-0.1, -0.05) is 18.2 Å². The van der Waals surface area contributed by atoms with E-state index in [0.717, 1.165) is 44.4 Å². The fourth-order valence-electron chi connectivity index (χ4n) is 2.39. The summed E-state index contributed by atoms with van der Waals surface area (Å²) in [6.07, 6.45) is 3.83. The van der Waals surface area contributed by atoms with Crippen LogP contribution in [0.1, 0.15) is 26.2 Å². The van der Waals surface area contributed by atoms with Gasteiger partial charge in [0, 0.05) is 36.9 Å². The summed E-state index contributed by atoms with van der Waals surface area (Å²) in [5.74, 6) is 1.94. The molecule has 0 amide bonds. The third-order valence-electron chi connectivity index (χ3n) is 3.50. The highest BCUT2D eigenvalue weighted by molar-refractivity contribution is 14.0. The minimum Gasteiger partial charge on any atom is -0.378 e. The van der Waals surface area contributed by atoms with Crippen molar-refractivity contribution in [3.05, 3.63) is 30.3 Å². The van der Waals surface area contributed by atoms with Crippen LogP contribution >= 0.6 is 35.7 Å². The van der Waals surface area contributed by atoms with Crippen molar-refractivity contribution in [3.63, 3.8) is 0 Å². The van der Waals surface area contributed by atoms with Crippen LogP contribution in [0.2, 0.25) is 0 Å². The largest absolute Gasteiger partial charge is 0.378 e. The molecule has 0 saturated carbocycles. The molecule has 1 aliphatic rings. The summed E-state index contributed by atoms with van der Waals surface area (Å²) in [5.41, 5.74) is 0. The molecule has 0 spiro atoms. The van der Waals surface area contributed by atoms with Gasteiger partial charge in [-0.2, -0.15) is 0 Å². The van der Waals surface area contributed by atoms with Crippen LogP contribution < -0.4 is 10.6 Å². The number of hydrogen-bond acceptors (Lipinski definition) is 3. The molecule has 0 aromatic heterocycles. The zero-order valence-electron chi connectivity index (χ0n) is 13.8. The molecular formula is C17H28IN3OS. The van der Waals surface area contributed by atoms with E-state index in [2.05, 4.69) is 46.8 Å². The predicted molar refractivity (Wildman–Crippen MR) is 110 cm³/mol. The highest BCUT2D eigenvalue weighted by atomic mass is 127. The molecule has 1 saturated heterocycles. The number of thioether (sulfide) groups is 1. The average Bonchev–Trinajstić information content (AvgIpc) is 3.06. The summed E-state index contributed by atoms with van der Waals surface area (Å²) >= 11 is 1.86. The molecule has 1 aromatic carbocycles. The van der Waals surface area contributed by atoms with Crippen LogP contribution in [0.25, 0.3) is 0 Å². The summed E-state index contributed by atoms with van der Waals surface area (Å²) in [6, 6.07) is 10.5. The second-order valence-electron chi connectivity index (χ2n) is 5.27. The molecule has 6 heteroatoms. The molecule has 2 rings (SSSR count). The highest BCUT2D eigenvalue weighted by Crippen LogP contribution is 2.16. The lowest BCUT2D eigenvalue weighted by Gasteiger charge is -2.12. The molecule has 2 N–H and O–H groups in total. The van der Waals surface area contributed by atoms with Crippen LogP contribution in [-0.2, 0) is 4.74 Å². The van der Waals surface area contributed by atoms with Crippen molar-refractivity contribution >= 4 is 41.7 Å². The van der Waals surface area contributed by atoms with Crippen molar-refractivity contribution in [2.24, 2.45) is 4.99 Å². The van der Waals surface area contributed by atoms with Crippen LogP contribution in [0.5, 0.6) is 0 Å². The van der Waals surface area contributed by atoms with Crippen LogP contribution in [0.15, 0.2) is 40.2 Å². The van der Waals surface area contributed by atoms with E-state index in [4.69, 9.17) is 4.74 Å². The number of nitrogens with zero attached hydrogens (tertiary/aromatic N) is 1. The van der Waals surface area contributed by atoms with Crippen molar-refractivity contribution in [2.75, 3.05) is 32.0 Å². The second-order valence-corrected chi connectivity index (χ2v) is 6.44. The minimum absolute atomic E-state index is 0. The number of aliphatic imine (C=N–C) groups is 1. The van der Waals surface area contributed by atoms with Crippen LogP contribution in [0.4, 0.5) is 0 Å². The standard InChI is InChI=1S/C17H27N3OS.HI/c1-2-18-17(19-11-10-15-7-6-13-21-15)20-12-14-22-16-8-4-3-5-9-16;/h3-5,8-9,15H,2,6-7,10-14H2,1H3,(H2,18,19,20);1H. The maximum absolute atomic E-state index is 5.63. The van der Waals surface area contributed by atoms with Crippen LogP contribution in [0.3, 0.4) is 0 Å². The molecule has 23 heavy (non-hydrogen) atoms. The maximum atomic E-state index is 5.63. The van der Waals surface area contributed by atoms with Crippen molar-refractivity contribution in [3.8, 4) is 0 Å². The van der Waals surface area contributed by atoms with E-state index >= 15 is 0 Å². The van der Waals surface area contributed by atoms with E-state index in [0.29, 0.717) is 6.10 Å². The Kier molecular flexibility index (Phi) is 11.5. The van der Waals surface area contributed by atoms with Crippen molar-refractivity contribution in [1.82, 2.24) is 10.6 Å². The number of ether oxygens (including phenoxy) is 1.